The van der Waals surface area contributed by atoms with Gasteiger partial charge in [0.05, 0.1) is 0 Å². The molecule has 0 aliphatic carbocycles. The van der Waals surface area contributed by atoms with Crippen molar-refractivity contribution in [2.24, 2.45) is 0 Å². The van der Waals surface area contributed by atoms with Crippen molar-refractivity contribution < 1.29 is 4.74 Å². The van der Waals surface area contributed by atoms with Crippen molar-refractivity contribution in [1.82, 2.24) is 9.97 Å². The van der Waals surface area contributed by atoms with Crippen LogP contribution in [0.2, 0.25) is 0 Å². The molecular formula is C14H24N4OS. The Hall–Kier alpha value is -1.01. The third kappa shape index (κ3) is 3.99. The van der Waals surface area contributed by atoms with Gasteiger partial charge >= 0.3 is 0 Å². The van der Waals surface area contributed by atoms with E-state index in [1.807, 2.05) is 20.0 Å². The predicted molar refractivity (Wildman–Crippen MR) is 85.7 cm³/mol. The van der Waals surface area contributed by atoms with Crippen molar-refractivity contribution in [2.75, 3.05) is 42.7 Å². The highest BCUT2D eigenvalue weighted by molar-refractivity contribution is 8.00. The first-order chi connectivity index (χ1) is 9.76. The Labute approximate surface area is 125 Å². The Morgan fingerprint density at radius 2 is 2.30 bits per heavy atom. The molecule has 112 valence electrons. The van der Waals surface area contributed by atoms with Crippen LogP contribution in [0.3, 0.4) is 0 Å². The molecule has 1 N–H and O–H groups in total. The number of hydrogen-bond donors (Lipinski definition) is 1. The van der Waals surface area contributed by atoms with Crippen molar-refractivity contribution in [3.05, 3.63) is 11.9 Å². The van der Waals surface area contributed by atoms with Crippen molar-refractivity contribution in [2.45, 2.75) is 32.1 Å². The zero-order chi connectivity index (χ0) is 14.4. The van der Waals surface area contributed by atoms with Gasteiger partial charge < -0.3 is 15.0 Å². The van der Waals surface area contributed by atoms with Crippen LogP contribution in [0.5, 0.6) is 0 Å². The minimum Gasteiger partial charge on any atom is -0.374 e. The third-order valence-electron chi connectivity index (χ3n) is 3.37. The zero-order valence-electron chi connectivity index (χ0n) is 12.6. The summed E-state index contributed by atoms with van der Waals surface area (Å²) in [7, 11) is 1.89. The van der Waals surface area contributed by atoms with E-state index >= 15 is 0 Å². The van der Waals surface area contributed by atoms with Gasteiger partial charge in [-0.2, -0.15) is 11.8 Å². The molecule has 0 amide bonds. The van der Waals surface area contributed by atoms with Gasteiger partial charge in [-0.05, 0) is 13.3 Å². The van der Waals surface area contributed by atoms with Gasteiger partial charge in [0, 0.05) is 43.8 Å². The molecule has 1 saturated heterocycles. The number of thioether (sulfide) groups is 1. The van der Waals surface area contributed by atoms with Gasteiger partial charge in [0.2, 0.25) is 0 Å². The molecule has 1 aliphatic rings. The van der Waals surface area contributed by atoms with Crippen molar-refractivity contribution in [1.29, 1.82) is 0 Å². The van der Waals surface area contributed by atoms with Gasteiger partial charge in [0.1, 0.15) is 18.2 Å². The SMILES string of the molecule is CCOCc1nc(NC)cc(N2CCSC(CC)C2)n1. The molecule has 0 radical (unpaired) electrons. The van der Waals surface area contributed by atoms with Crippen LogP contribution < -0.4 is 10.2 Å². The lowest BCUT2D eigenvalue weighted by Crippen LogP contribution is -2.38. The van der Waals surface area contributed by atoms with Crippen LogP contribution in [0.25, 0.3) is 0 Å². The lowest BCUT2D eigenvalue weighted by Gasteiger charge is -2.33. The first-order valence-electron chi connectivity index (χ1n) is 7.26. The first-order valence-corrected chi connectivity index (χ1v) is 8.31. The molecule has 1 atom stereocenters. The van der Waals surface area contributed by atoms with Crippen LogP contribution in [0.1, 0.15) is 26.1 Å². The molecule has 1 aromatic rings. The molecule has 2 rings (SSSR count). The maximum Gasteiger partial charge on any atom is 0.158 e. The molecule has 1 aliphatic heterocycles. The summed E-state index contributed by atoms with van der Waals surface area (Å²) in [5.74, 6) is 3.78. The molecule has 2 heterocycles. The van der Waals surface area contributed by atoms with Crippen LogP contribution in [-0.2, 0) is 11.3 Å². The minimum atomic E-state index is 0.471. The summed E-state index contributed by atoms with van der Waals surface area (Å²) in [6.07, 6.45) is 1.21. The predicted octanol–water partition coefficient (Wildman–Crippen LogP) is 2.39. The topological polar surface area (TPSA) is 50.3 Å². The number of rotatable bonds is 6. The fourth-order valence-corrected chi connectivity index (χ4v) is 3.39. The molecule has 1 fully saturated rings. The lowest BCUT2D eigenvalue weighted by atomic mass is 10.3. The van der Waals surface area contributed by atoms with Gasteiger partial charge in [-0.3, -0.25) is 0 Å². The van der Waals surface area contributed by atoms with Crippen LogP contribution in [-0.4, -0.2) is 47.7 Å². The summed E-state index contributed by atoms with van der Waals surface area (Å²) in [5, 5.41) is 3.81. The van der Waals surface area contributed by atoms with Gasteiger partial charge in [0.15, 0.2) is 5.82 Å². The van der Waals surface area contributed by atoms with E-state index in [4.69, 9.17) is 4.74 Å². The van der Waals surface area contributed by atoms with Gasteiger partial charge in [-0.15, -0.1) is 0 Å². The van der Waals surface area contributed by atoms with E-state index in [0.29, 0.717) is 18.5 Å². The Morgan fingerprint density at radius 1 is 1.45 bits per heavy atom. The van der Waals surface area contributed by atoms with Crippen LogP contribution in [0, 0.1) is 0 Å². The first kappa shape index (κ1) is 15.4. The average Bonchev–Trinajstić information content (AvgIpc) is 2.52. The molecule has 0 saturated carbocycles. The highest BCUT2D eigenvalue weighted by atomic mass is 32.2. The minimum absolute atomic E-state index is 0.471. The summed E-state index contributed by atoms with van der Waals surface area (Å²) in [6, 6.07) is 2.03. The van der Waals surface area contributed by atoms with Crippen LogP contribution in [0.4, 0.5) is 11.6 Å². The molecule has 1 unspecified atom stereocenters. The van der Waals surface area contributed by atoms with E-state index in [-0.39, 0.29) is 0 Å². The van der Waals surface area contributed by atoms with E-state index in [1.165, 1.54) is 6.42 Å². The number of aromatic nitrogens is 2. The van der Waals surface area contributed by atoms with Crippen LogP contribution >= 0.6 is 11.8 Å². The second-order valence-corrected chi connectivity index (χ2v) is 6.17. The second-order valence-electron chi connectivity index (χ2n) is 4.76. The number of nitrogens with zero attached hydrogens (tertiary/aromatic N) is 3. The molecule has 0 bridgehead atoms. The monoisotopic (exact) mass is 296 g/mol. The smallest absolute Gasteiger partial charge is 0.158 e. The lowest BCUT2D eigenvalue weighted by molar-refractivity contribution is 0.128. The summed E-state index contributed by atoms with van der Waals surface area (Å²) in [6.45, 7) is 7.50. The number of anilines is 2. The molecule has 6 heteroatoms. The Bertz CT molecular complexity index is 430. The van der Waals surface area contributed by atoms with Crippen molar-refractivity contribution >= 4 is 23.4 Å². The summed E-state index contributed by atoms with van der Waals surface area (Å²) < 4.78 is 5.43. The summed E-state index contributed by atoms with van der Waals surface area (Å²) in [4.78, 5) is 11.5. The van der Waals surface area contributed by atoms with Crippen LogP contribution in [0.15, 0.2) is 6.07 Å². The highest BCUT2D eigenvalue weighted by Gasteiger charge is 2.21. The number of nitrogens with one attached hydrogen (secondary N) is 1. The number of hydrogen-bond acceptors (Lipinski definition) is 6. The maximum atomic E-state index is 5.43. The Kier molecular flexibility index (Phi) is 5.91. The maximum absolute atomic E-state index is 5.43. The van der Waals surface area contributed by atoms with E-state index in [1.54, 1.807) is 0 Å². The van der Waals surface area contributed by atoms with Crippen molar-refractivity contribution in [3.8, 4) is 0 Å². The van der Waals surface area contributed by atoms with E-state index in [0.717, 1.165) is 36.3 Å². The summed E-state index contributed by atoms with van der Waals surface area (Å²) >= 11 is 2.06. The molecule has 5 nitrogen and oxygen atoms in total. The number of ether oxygens (including phenoxy) is 1. The highest BCUT2D eigenvalue weighted by Crippen LogP contribution is 2.25. The summed E-state index contributed by atoms with van der Waals surface area (Å²) in [5.41, 5.74) is 0. The molecule has 0 spiro atoms. The largest absolute Gasteiger partial charge is 0.374 e. The van der Waals surface area contributed by atoms with E-state index < -0.39 is 0 Å². The fraction of sp³-hybridized carbons (Fsp3) is 0.714. The van der Waals surface area contributed by atoms with E-state index in [2.05, 4.69) is 38.9 Å². The van der Waals surface area contributed by atoms with Crippen molar-refractivity contribution in [3.63, 3.8) is 0 Å². The normalized spacial score (nSPS) is 19.1. The molecule has 0 aromatic carbocycles. The third-order valence-corrected chi connectivity index (χ3v) is 4.74. The van der Waals surface area contributed by atoms with E-state index in [9.17, 15) is 0 Å². The Morgan fingerprint density at radius 3 is 3.00 bits per heavy atom. The second kappa shape index (κ2) is 7.69. The van der Waals surface area contributed by atoms with Gasteiger partial charge in [0.25, 0.3) is 0 Å². The van der Waals surface area contributed by atoms with Gasteiger partial charge in [-0.25, -0.2) is 9.97 Å². The molecular weight excluding hydrogens is 272 g/mol. The Balaban J connectivity index is 2.16. The average molecular weight is 296 g/mol. The standard InChI is InChI=1S/C14H24N4OS/c1-4-11-9-18(6-7-20-11)14-8-12(15-3)16-13(17-14)10-19-5-2/h8,11H,4-7,9-10H2,1-3H3,(H,15,16,17). The quantitative estimate of drug-likeness (QED) is 0.870. The fourth-order valence-electron chi connectivity index (χ4n) is 2.21. The molecule has 20 heavy (non-hydrogen) atoms. The zero-order valence-corrected chi connectivity index (χ0v) is 13.4. The van der Waals surface area contributed by atoms with Gasteiger partial charge in [-0.1, -0.05) is 6.92 Å². The molecule has 1 aromatic heterocycles.